The van der Waals surface area contributed by atoms with Crippen molar-refractivity contribution in [2.45, 2.75) is 242 Å². The lowest BCUT2D eigenvalue weighted by atomic mass is 9.91. The molecule has 2 aliphatic heterocycles. The van der Waals surface area contributed by atoms with E-state index in [2.05, 4.69) is 26.6 Å². The molecule has 2 aliphatic rings. The van der Waals surface area contributed by atoms with Crippen LogP contribution in [-0.4, -0.2) is 283 Å². The SMILES string of the molecule is C/C=C/C[C@@H](C)[C@@H](OC(C)=O)[C@H]1C(=O)N[C@@H](CC)C(=O)N(C)[C@H](C)C(=O)N[C@@H]([C@H](C)COCC(=O)N2CCN(CCC(F)(F)F)CC2)C(=O)N[C@@H](C(C)C)C(=O)N(C)[C@@H](CC(C)C)C(=O)N[C@@H](C)C(=O)N[C@H](C)C(=O)N(C)[C@@H](CC(C)C)C(=O)N(C)[C@@H](CC(C)C)C(=O)N(C)[C@@H](C(C)C)C(=O)N1C. The maximum Gasteiger partial charge on any atom is 0.390 e. The highest BCUT2D eigenvalue weighted by atomic mass is 19.4. The van der Waals surface area contributed by atoms with Gasteiger partial charge in [-0.3, -0.25) is 67.2 Å². The standard InChI is InChI=1S/C72H124F3N13O15/c1-25-27-28-45(13)60(103-50(18)89)59-65(95)78-51(26-2)67(97)81(19)49(17)62(92)80-57(46(14)38-102-39-55(90)88-33-31-87(32-34-88)30-29-72(73,74)75)64(94)79-56(43(9)10)70(100)82(20)52(35-40(3)4)63(93)76-47(15)61(91)77-48(16)66(96)83(21)53(36-41(5)6)68(98)84(22)54(37-42(7)8)69(99)85(23)58(44(11)12)71(101)86(59)24/h25,27,40-49,51-54,56-60H,26,28-39H2,1-24H3,(H,76,93)(H,77,91)(H,78,95)(H,79,94)(H,80,92)/b27-25+/t45-,46-,47+,48-,49-,51+,52+,53+,54+,56+,57+,58+,59+,60-/m1/s1. The van der Waals surface area contributed by atoms with Gasteiger partial charge in [-0.15, -0.1) is 0 Å². The maximum atomic E-state index is 15.5. The Morgan fingerprint density at radius 3 is 1.50 bits per heavy atom. The number of piperazine rings is 1. The fourth-order valence-corrected chi connectivity index (χ4v) is 12.7. The zero-order chi connectivity index (χ0) is 79.2. The minimum atomic E-state index is -4.35. The molecule has 103 heavy (non-hydrogen) atoms. The third kappa shape index (κ3) is 27.2. The molecule has 0 saturated carbocycles. The number of nitrogens with zero attached hydrogens (tertiary/aromatic N) is 8. The normalized spacial score (nSPS) is 26.3. The number of esters is 1. The van der Waals surface area contributed by atoms with Crippen LogP contribution in [-0.2, 0) is 71.8 Å². The predicted octanol–water partition coefficient (Wildman–Crippen LogP) is 3.59. The van der Waals surface area contributed by atoms with Crippen LogP contribution >= 0.6 is 0 Å². The summed E-state index contributed by atoms with van der Waals surface area (Å²) in [6.45, 7) is 29.0. The van der Waals surface area contributed by atoms with Gasteiger partial charge < -0.3 is 70.4 Å². The lowest BCUT2D eigenvalue weighted by molar-refractivity contribution is -0.164. The number of rotatable bonds is 21. The van der Waals surface area contributed by atoms with E-state index in [-0.39, 0.29) is 89.2 Å². The summed E-state index contributed by atoms with van der Waals surface area (Å²) in [5.74, 6) is -13.7. The van der Waals surface area contributed by atoms with Crippen LogP contribution in [0.3, 0.4) is 0 Å². The molecule has 588 valence electrons. The van der Waals surface area contributed by atoms with Gasteiger partial charge in [0.25, 0.3) is 0 Å². The Balaban J connectivity index is 3.03. The molecule has 0 aromatic heterocycles. The fraction of sp³-hybridized carbons (Fsp3) is 0.792. The molecule has 2 heterocycles. The van der Waals surface area contributed by atoms with Gasteiger partial charge in [0.15, 0.2) is 0 Å². The summed E-state index contributed by atoms with van der Waals surface area (Å²) in [5.41, 5.74) is 0. The highest BCUT2D eigenvalue weighted by Crippen LogP contribution is 2.28. The highest BCUT2D eigenvalue weighted by Gasteiger charge is 2.47. The quantitative estimate of drug-likeness (QED) is 0.0810. The van der Waals surface area contributed by atoms with Crippen molar-refractivity contribution >= 4 is 76.9 Å². The lowest BCUT2D eigenvalue weighted by Gasteiger charge is -2.42. The third-order valence-corrected chi connectivity index (χ3v) is 19.2. The summed E-state index contributed by atoms with van der Waals surface area (Å²) in [6.07, 6.45) is -2.82. The molecule has 0 aromatic carbocycles. The number of hydrogen-bond acceptors (Lipinski definition) is 16. The van der Waals surface area contributed by atoms with Crippen molar-refractivity contribution in [3.05, 3.63) is 12.2 Å². The van der Waals surface area contributed by atoms with Crippen LogP contribution in [0.25, 0.3) is 0 Å². The molecule has 2 rings (SSSR count). The second-order valence-electron chi connectivity index (χ2n) is 30.0. The van der Waals surface area contributed by atoms with E-state index in [1.54, 1.807) is 65.5 Å². The largest absolute Gasteiger partial charge is 0.459 e. The number of carbonyl (C=O) groups excluding carboxylic acids is 13. The first-order valence-corrected chi connectivity index (χ1v) is 36.2. The van der Waals surface area contributed by atoms with Gasteiger partial charge in [-0.05, 0) is 95.3 Å². The Kier molecular flexibility index (Phi) is 37.3. The van der Waals surface area contributed by atoms with Gasteiger partial charge in [-0.2, -0.15) is 13.2 Å². The van der Waals surface area contributed by atoms with Crippen LogP contribution in [0.15, 0.2) is 12.2 Å². The van der Waals surface area contributed by atoms with E-state index in [0.29, 0.717) is 0 Å². The van der Waals surface area contributed by atoms with Crippen molar-refractivity contribution < 1.29 is 85.0 Å². The maximum absolute atomic E-state index is 15.5. The van der Waals surface area contributed by atoms with Gasteiger partial charge in [-0.1, -0.05) is 102 Å². The summed E-state index contributed by atoms with van der Waals surface area (Å²) < 4.78 is 50.8. The first kappa shape index (κ1) is 91.6. The van der Waals surface area contributed by atoms with Crippen LogP contribution < -0.4 is 26.6 Å². The molecule has 12 amide bonds. The molecular weight excluding hydrogens is 1340 g/mol. The zero-order valence-corrected chi connectivity index (χ0v) is 65.7. The summed E-state index contributed by atoms with van der Waals surface area (Å²) >= 11 is 0. The molecule has 0 radical (unpaired) electrons. The topological polar surface area (TPSA) is 326 Å². The Morgan fingerprint density at radius 2 is 1.02 bits per heavy atom. The van der Waals surface area contributed by atoms with Gasteiger partial charge >= 0.3 is 12.1 Å². The van der Waals surface area contributed by atoms with E-state index in [0.717, 1.165) is 21.6 Å². The van der Waals surface area contributed by atoms with Crippen LogP contribution in [0.1, 0.15) is 163 Å². The summed E-state index contributed by atoms with van der Waals surface area (Å²) in [4.78, 5) is 200. The molecule has 0 aromatic rings. The molecule has 5 N–H and O–H groups in total. The summed E-state index contributed by atoms with van der Waals surface area (Å²) in [7, 11) is 8.19. The number of likely N-dealkylation sites (N-methyl/N-ethyl adjacent to an activating group) is 6. The van der Waals surface area contributed by atoms with E-state index in [1.165, 1.54) is 89.6 Å². The minimum Gasteiger partial charge on any atom is -0.459 e. The summed E-state index contributed by atoms with van der Waals surface area (Å²) in [6, 6.07) is -15.2. The van der Waals surface area contributed by atoms with Gasteiger partial charge in [0.05, 0.1) is 13.0 Å². The number of halogens is 3. The van der Waals surface area contributed by atoms with Gasteiger partial charge in [0, 0.05) is 87.9 Å². The van der Waals surface area contributed by atoms with Crippen LogP contribution in [0, 0.1) is 41.4 Å². The molecule has 28 nitrogen and oxygen atoms in total. The van der Waals surface area contributed by atoms with Gasteiger partial charge in [-0.25, -0.2) is 0 Å². The number of ether oxygens (including phenoxy) is 2. The second-order valence-corrected chi connectivity index (χ2v) is 30.0. The second kappa shape index (κ2) is 41.9. The Morgan fingerprint density at radius 1 is 0.534 bits per heavy atom. The monoisotopic (exact) mass is 1470 g/mol. The van der Waals surface area contributed by atoms with Crippen molar-refractivity contribution in [1.29, 1.82) is 0 Å². The van der Waals surface area contributed by atoms with Crippen molar-refractivity contribution in [2.75, 3.05) is 88.2 Å². The molecule has 31 heteroatoms. The highest BCUT2D eigenvalue weighted by molar-refractivity contribution is 6.00. The molecule has 2 fully saturated rings. The zero-order valence-electron chi connectivity index (χ0n) is 65.7. The Hall–Kier alpha value is -7.44. The van der Waals surface area contributed by atoms with Crippen LogP contribution in [0.5, 0.6) is 0 Å². The van der Waals surface area contributed by atoms with E-state index in [1.807, 2.05) is 41.5 Å². The summed E-state index contributed by atoms with van der Waals surface area (Å²) in [5, 5.41) is 13.6. The van der Waals surface area contributed by atoms with E-state index < -0.39 is 192 Å². The molecule has 0 spiro atoms. The Bertz CT molecular complexity index is 2930. The fourth-order valence-electron chi connectivity index (χ4n) is 12.7. The van der Waals surface area contributed by atoms with E-state index in [4.69, 9.17) is 9.47 Å². The lowest BCUT2D eigenvalue weighted by Crippen LogP contribution is -2.64. The number of alkyl halides is 3. The van der Waals surface area contributed by atoms with Crippen molar-refractivity contribution in [1.82, 2.24) is 65.8 Å². The van der Waals surface area contributed by atoms with Gasteiger partial charge in [0.1, 0.15) is 79.2 Å². The third-order valence-electron chi connectivity index (χ3n) is 19.2. The molecule has 0 aliphatic carbocycles. The molecule has 14 atom stereocenters. The van der Waals surface area contributed by atoms with Crippen LogP contribution in [0.2, 0.25) is 0 Å². The van der Waals surface area contributed by atoms with Crippen molar-refractivity contribution in [3.63, 3.8) is 0 Å². The number of carbonyl (C=O) groups is 13. The molecule has 2 saturated heterocycles. The van der Waals surface area contributed by atoms with E-state index in [9.17, 15) is 56.3 Å². The minimum absolute atomic E-state index is 0.0611. The smallest absolute Gasteiger partial charge is 0.390 e. The van der Waals surface area contributed by atoms with Crippen molar-refractivity contribution in [2.24, 2.45) is 41.4 Å². The number of allylic oxidation sites excluding steroid dienone is 2. The number of hydrogen-bond donors (Lipinski definition) is 5. The van der Waals surface area contributed by atoms with Gasteiger partial charge in [0.2, 0.25) is 70.9 Å². The average Bonchev–Trinajstić information content (AvgIpc) is 0.797. The Labute approximate surface area is 609 Å². The predicted molar refractivity (Wildman–Crippen MR) is 382 cm³/mol. The molecule has 0 bridgehead atoms. The van der Waals surface area contributed by atoms with Crippen molar-refractivity contribution in [3.8, 4) is 0 Å². The first-order valence-electron chi connectivity index (χ1n) is 36.2. The van der Waals surface area contributed by atoms with Crippen LogP contribution in [0.4, 0.5) is 13.2 Å². The molecule has 0 unspecified atom stereocenters. The first-order chi connectivity index (χ1) is 47.7. The van der Waals surface area contributed by atoms with E-state index >= 15 is 19.2 Å². The molecular formula is C72H124F3N13O15. The number of amides is 12. The number of nitrogens with one attached hydrogen (secondary N) is 5. The average molecular weight is 1470 g/mol.